The maximum absolute atomic E-state index is 11.4. The molecular weight excluding hydrogens is 162 g/mol. The van der Waals surface area contributed by atoms with E-state index >= 15 is 0 Å². The van der Waals surface area contributed by atoms with Crippen molar-refractivity contribution >= 4 is 0 Å². The van der Waals surface area contributed by atoms with Crippen molar-refractivity contribution in [1.29, 1.82) is 0 Å². The highest BCUT2D eigenvalue weighted by Gasteiger charge is 2.03. The number of benzene rings is 1. The fourth-order valence-electron chi connectivity index (χ4n) is 1.20. The predicted octanol–water partition coefficient (Wildman–Crippen LogP) is 2.89. The molecule has 0 saturated carbocycles. The van der Waals surface area contributed by atoms with Crippen molar-refractivity contribution < 1.29 is 5.11 Å². The van der Waals surface area contributed by atoms with E-state index in [1.807, 2.05) is 24.3 Å². The molecule has 2 rings (SSSR count). The molecule has 0 fully saturated rings. The van der Waals surface area contributed by atoms with E-state index in [1.54, 1.807) is 24.4 Å². The number of pyridine rings is 1. The lowest BCUT2D eigenvalue weighted by atomic mass is 10.1. The molecule has 2 heteroatoms. The Morgan fingerprint density at radius 3 is 2.38 bits per heavy atom. The van der Waals surface area contributed by atoms with E-state index in [2.05, 4.69) is 4.98 Å². The van der Waals surface area contributed by atoms with Crippen molar-refractivity contribution in [3.05, 3.63) is 48.7 Å². The van der Waals surface area contributed by atoms with Crippen LogP contribution in [-0.4, -0.2) is 4.98 Å². The summed E-state index contributed by atoms with van der Waals surface area (Å²) in [5.74, 6) is 0.0150. The summed E-state index contributed by atoms with van der Waals surface area (Å²) in [5, 5.41) is 11.4. The first-order chi connectivity index (χ1) is 6.38. The third-order valence-electron chi connectivity index (χ3n) is 1.83. The third-order valence-corrected chi connectivity index (χ3v) is 1.83. The number of para-hydroxylation sites is 1. The first-order valence-corrected chi connectivity index (χ1v) is 4.05. The second-order valence-corrected chi connectivity index (χ2v) is 2.71. The molecule has 63 valence electrons. The molecule has 13 heavy (non-hydrogen) atoms. The van der Waals surface area contributed by atoms with Gasteiger partial charge >= 0.3 is 0 Å². The number of hydrogen-bond donors (Lipinski definition) is 0. The first-order valence-electron chi connectivity index (χ1n) is 4.05. The highest BCUT2D eigenvalue weighted by molar-refractivity contribution is 5.65. The van der Waals surface area contributed by atoms with Crippen LogP contribution in [0.25, 0.3) is 11.3 Å². The minimum absolute atomic E-state index is 0.0150. The molecule has 1 aromatic heterocycles. The molecule has 0 aliphatic carbocycles. The molecule has 1 heterocycles. The van der Waals surface area contributed by atoms with Crippen molar-refractivity contribution in [3.63, 3.8) is 0 Å². The molecule has 2 nitrogen and oxygen atoms in total. The fraction of sp³-hybridized carbons (Fsp3) is 0. The first kappa shape index (κ1) is 7.80. The van der Waals surface area contributed by atoms with Crippen LogP contribution in [0.3, 0.4) is 0 Å². The number of hydrogen-bond acceptors (Lipinski definition) is 1. The fourth-order valence-corrected chi connectivity index (χ4v) is 1.20. The Morgan fingerprint density at radius 1 is 0.923 bits per heavy atom. The summed E-state index contributed by atoms with van der Waals surface area (Å²) >= 11 is 0. The van der Waals surface area contributed by atoms with E-state index in [4.69, 9.17) is 0 Å². The Balaban J connectivity index is 2.54. The molecule has 0 N–H and O–H groups in total. The predicted molar refractivity (Wildman–Crippen MR) is 49.8 cm³/mol. The van der Waals surface area contributed by atoms with Gasteiger partial charge in [0.15, 0.2) is 5.75 Å². The lowest BCUT2D eigenvalue weighted by Gasteiger charge is -1.99. The van der Waals surface area contributed by atoms with Crippen LogP contribution in [0.5, 0.6) is 5.75 Å². The second kappa shape index (κ2) is 3.27. The summed E-state index contributed by atoms with van der Waals surface area (Å²) in [7, 11) is 0. The van der Waals surface area contributed by atoms with Gasteiger partial charge in [-0.25, -0.2) is 0 Å². The van der Waals surface area contributed by atoms with Crippen LogP contribution < -0.4 is 0 Å². The molecule has 0 aliphatic rings. The average molecular weight is 170 g/mol. The summed E-state index contributed by atoms with van der Waals surface area (Å²) in [6.45, 7) is 0. The van der Waals surface area contributed by atoms with Crippen LogP contribution in [-0.2, 0) is 5.11 Å². The van der Waals surface area contributed by atoms with E-state index in [0.717, 1.165) is 5.69 Å². The van der Waals surface area contributed by atoms with Gasteiger partial charge in [-0.1, -0.05) is 18.2 Å². The largest absolute Gasteiger partial charge is 0.289 e. The number of rotatable bonds is 1. The van der Waals surface area contributed by atoms with E-state index in [1.165, 1.54) is 0 Å². The molecule has 0 aliphatic heterocycles. The Morgan fingerprint density at radius 2 is 1.69 bits per heavy atom. The molecular formula is C11H8NO. The van der Waals surface area contributed by atoms with Gasteiger partial charge in [0.2, 0.25) is 0 Å². The van der Waals surface area contributed by atoms with Crippen LogP contribution in [0.2, 0.25) is 0 Å². The minimum Gasteiger partial charge on any atom is -0.289 e. The van der Waals surface area contributed by atoms with Gasteiger partial charge < -0.3 is 0 Å². The van der Waals surface area contributed by atoms with Gasteiger partial charge in [-0.2, -0.15) is 0 Å². The molecule has 0 spiro atoms. The number of aromatic nitrogens is 1. The number of nitrogens with zero attached hydrogens (tertiary/aromatic N) is 1. The Kier molecular flexibility index (Phi) is 1.96. The molecule has 0 amide bonds. The molecule has 2 aromatic rings. The van der Waals surface area contributed by atoms with E-state index in [-0.39, 0.29) is 5.75 Å². The minimum atomic E-state index is 0.0150. The van der Waals surface area contributed by atoms with Gasteiger partial charge in [0.1, 0.15) is 0 Å². The highest BCUT2D eigenvalue weighted by atomic mass is 16.3. The Bertz CT molecular complexity index is 398. The third kappa shape index (κ3) is 1.51. The van der Waals surface area contributed by atoms with Crippen molar-refractivity contribution in [2.75, 3.05) is 0 Å². The van der Waals surface area contributed by atoms with Crippen LogP contribution in [0.4, 0.5) is 0 Å². The standard InChI is InChI=1S/C11H8NO/c13-11-7-2-1-5-9(11)10-6-3-4-8-12-10/h1-8H. The summed E-state index contributed by atoms with van der Waals surface area (Å²) < 4.78 is 0. The summed E-state index contributed by atoms with van der Waals surface area (Å²) in [6, 6.07) is 12.4. The van der Waals surface area contributed by atoms with Gasteiger partial charge in [0, 0.05) is 11.8 Å². The SMILES string of the molecule is [O]c1ccccc1-c1ccccn1. The Labute approximate surface area is 76.5 Å². The van der Waals surface area contributed by atoms with Gasteiger partial charge in [0.05, 0.1) is 5.69 Å². The maximum atomic E-state index is 11.4. The zero-order valence-electron chi connectivity index (χ0n) is 6.97. The van der Waals surface area contributed by atoms with Crippen molar-refractivity contribution in [3.8, 4) is 17.0 Å². The van der Waals surface area contributed by atoms with Crippen molar-refractivity contribution in [2.24, 2.45) is 0 Å². The van der Waals surface area contributed by atoms with Crippen molar-refractivity contribution in [2.45, 2.75) is 0 Å². The van der Waals surface area contributed by atoms with E-state index < -0.39 is 0 Å². The van der Waals surface area contributed by atoms with Gasteiger partial charge in [0.25, 0.3) is 0 Å². The summed E-state index contributed by atoms with van der Waals surface area (Å²) in [5.41, 5.74) is 1.39. The van der Waals surface area contributed by atoms with Crippen LogP contribution >= 0.6 is 0 Å². The topological polar surface area (TPSA) is 32.8 Å². The summed E-state index contributed by atoms with van der Waals surface area (Å²) in [4.78, 5) is 4.11. The van der Waals surface area contributed by atoms with Crippen LogP contribution in [0.1, 0.15) is 0 Å². The normalized spacial score (nSPS) is 9.85. The van der Waals surface area contributed by atoms with E-state index in [0.29, 0.717) is 5.56 Å². The lowest BCUT2D eigenvalue weighted by Crippen LogP contribution is -1.80. The van der Waals surface area contributed by atoms with Gasteiger partial charge in [-0.3, -0.25) is 10.1 Å². The average Bonchev–Trinajstić information content (AvgIpc) is 2.20. The molecule has 1 radical (unpaired) electrons. The monoisotopic (exact) mass is 170 g/mol. The summed E-state index contributed by atoms with van der Waals surface area (Å²) in [6.07, 6.45) is 1.68. The van der Waals surface area contributed by atoms with Crippen LogP contribution in [0.15, 0.2) is 48.7 Å². The second-order valence-electron chi connectivity index (χ2n) is 2.71. The highest BCUT2D eigenvalue weighted by Crippen LogP contribution is 2.26. The Hall–Kier alpha value is -1.83. The zero-order chi connectivity index (χ0) is 9.10. The van der Waals surface area contributed by atoms with Gasteiger partial charge in [-0.05, 0) is 24.3 Å². The smallest absolute Gasteiger partial charge is 0.188 e. The maximum Gasteiger partial charge on any atom is 0.188 e. The molecule has 0 bridgehead atoms. The van der Waals surface area contributed by atoms with Crippen molar-refractivity contribution in [1.82, 2.24) is 4.98 Å². The quantitative estimate of drug-likeness (QED) is 0.647. The van der Waals surface area contributed by atoms with Crippen LogP contribution in [0, 0.1) is 0 Å². The molecule has 0 atom stereocenters. The molecule has 1 aromatic carbocycles. The molecule has 0 unspecified atom stereocenters. The van der Waals surface area contributed by atoms with E-state index in [9.17, 15) is 5.11 Å². The lowest BCUT2D eigenvalue weighted by molar-refractivity contribution is 0.356. The van der Waals surface area contributed by atoms with Gasteiger partial charge in [-0.15, -0.1) is 0 Å². The zero-order valence-corrected chi connectivity index (χ0v) is 6.97. The molecule has 0 saturated heterocycles.